The quantitative estimate of drug-likeness (QED) is 0.777. The summed E-state index contributed by atoms with van der Waals surface area (Å²) < 4.78 is 0. The summed E-state index contributed by atoms with van der Waals surface area (Å²) in [6.07, 6.45) is 3.59. The van der Waals surface area contributed by atoms with Crippen molar-refractivity contribution in [3.63, 3.8) is 0 Å². The fourth-order valence-electron chi connectivity index (χ4n) is 2.76. The lowest BCUT2D eigenvalue weighted by Crippen LogP contribution is -2.42. The zero-order chi connectivity index (χ0) is 14.5. The van der Waals surface area contributed by atoms with Gasteiger partial charge in [-0.15, -0.1) is 24.8 Å². The first-order valence-electron chi connectivity index (χ1n) is 6.95. The smallest absolute Gasteiger partial charge is 0.321 e. The van der Waals surface area contributed by atoms with Crippen molar-refractivity contribution in [2.45, 2.75) is 43.7 Å². The number of amidine groups is 1. The number of hydrogen-bond donors (Lipinski definition) is 3. The number of carboxylic acid groups (broad SMARTS) is 1. The normalized spacial score (nSPS) is 20.4. The zero-order valence-corrected chi connectivity index (χ0v) is 13.9. The number of aliphatic carboxylic acids is 1. The van der Waals surface area contributed by atoms with Gasteiger partial charge in [0.05, 0.1) is 11.9 Å². The van der Waals surface area contributed by atoms with Crippen molar-refractivity contribution in [3.05, 3.63) is 35.9 Å². The molecule has 0 amide bonds. The van der Waals surface area contributed by atoms with Crippen molar-refractivity contribution in [1.29, 1.82) is 0 Å². The van der Waals surface area contributed by atoms with E-state index in [-0.39, 0.29) is 36.8 Å². The molecule has 3 unspecified atom stereocenters. The molecule has 0 radical (unpaired) electrons. The van der Waals surface area contributed by atoms with Gasteiger partial charge in [0.1, 0.15) is 6.04 Å². The molecule has 1 heterocycles. The number of hydrogen-bond acceptors (Lipinski definition) is 4. The molecule has 0 saturated carbocycles. The van der Waals surface area contributed by atoms with Crippen LogP contribution in [0, 0.1) is 0 Å². The first-order valence-corrected chi connectivity index (χ1v) is 6.95. The van der Waals surface area contributed by atoms with Crippen molar-refractivity contribution in [2.75, 3.05) is 0 Å². The maximum atomic E-state index is 11.3. The zero-order valence-electron chi connectivity index (χ0n) is 12.2. The van der Waals surface area contributed by atoms with Gasteiger partial charge in [-0.25, -0.2) is 0 Å². The molecule has 0 saturated heterocycles. The molecule has 5 N–H and O–H groups in total. The van der Waals surface area contributed by atoms with Gasteiger partial charge in [0, 0.05) is 12.3 Å². The summed E-state index contributed by atoms with van der Waals surface area (Å²) in [4.78, 5) is 15.8. The highest BCUT2D eigenvalue weighted by atomic mass is 35.5. The molecule has 3 atom stereocenters. The van der Waals surface area contributed by atoms with Crippen molar-refractivity contribution in [2.24, 2.45) is 16.5 Å². The topological polar surface area (TPSA) is 102 Å². The van der Waals surface area contributed by atoms with Crippen molar-refractivity contribution >= 4 is 36.6 Å². The summed E-state index contributed by atoms with van der Waals surface area (Å²) in [6.45, 7) is 0. The van der Waals surface area contributed by atoms with Crippen molar-refractivity contribution < 1.29 is 9.90 Å². The SMILES string of the molecule is Cl.Cl.NC1=NC(C(c2ccccc2)C(N)C(=O)O)CCCC1. The Hall–Kier alpha value is -1.30. The standard InChI is InChI=1S/C15H21N3O2.2ClH/c16-12-9-5-4-8-11(18-12)13(14(17)15(19)20)10-6-2-1-3-7-10;;/h1-3,6-7,11,13-14H,4-5,8-9,17H2,(H2,16,18)(H,19,20);2*1H. The predicted molar refractivity (Wildman–Crippen MR) is 93.2 cm³/mol. The summed E-state index contributed by atoms with van der Waals surface area (Å²) in [5.41, 5.74) is 12.7. The molecule has 0 bridgehead atoms. The van der Waals surface area contributed by atoms with E-state index < -0.39 is 12.0 Å². The van der Waals surface area contributed by atoms with Gasteiger partial charge in [-0.3, -0.25) is 9.79 Å². The van der Waals surface area contributed by atoms with Crippen LogP contribution in [-0.2, 0) is 4.79 Å². The molecule has 0 fully saturated rings. The van der Waals surface area contributed by atoms with Gasteiger partial charge in [-0.2, -0.15) is 0 Å². The molecule has 5 nitrogen and oxygen atoms in total. The number of carbonyl (C=O) groups is 1. The first-order chi connectivity index (χ1) is 9.59. The Kier molecular flexibility index (Phi) is 9.09. The van der Waals surface area contributed by atoms with Crippen molar-refractivity contribution in [3.8, 4) is 0 Å². The molecule has 1 aromatic carbocycles. The fraction of sp³-hybridized carbons (Fsp3) is 0.467. The molecule has 124 valence electrons. The highest BCUT2D eigenvalue weighted by Gasteiger charge is 2.33. The fourth-order valence-corrected chi connectivity index (χ4v) is 2.76. The molecular weight excluding hydrogens is 325 g/mol. The Balaban J connectivity index is 0.00000220. The lowest BCUT2D eigenvalue weighted by molar-refractivity contribution is -0.139. The van der Waals surface area contributed by atoms with Crippen LogP contribution in [-0.4, -0.2) is 29.0 Å². The van der Waals surface area contributed by atoms with Gasteiger partial charge < -0.3 is 16.6 Å². The third-order valence-electron chi connectivity index (χ3n) is 3.79. The number of rotatable bonds is 4. The van der Waals surface area contributed by atoms with Gasteiger partial charge in [0.25, 0.3) is 0 Å². The summed E-state index contributed by atoms with van der Waals surface area (Å²) >= 11 is 0. The Bertz CT molecular complexity index is 497. The number of nitrogens with zero attached hydrogens (tertiary/aromatic N) is 1. The predicted octanol–water partition coefficient (Wildman–Crippen LogP) is 2.33. The van der Waals surface area contributed by atoms with E-state index in [0.717, 1.165) is 31.2 Å². The summed E-state index contributed by atoms with van der Waals surface area (Å²) in [7, 11) is 0. The molecule has 1 aromatic rings. The lowest BCUT2D eigenvalue weighted by atomic mass is 9.83. The highest BCUT2D eigenvalue weighted by Crippen LogP contribution is 2.30. The van der Waals surface area contributed by atoms with E-state index in [2.05, 4.69) is 4.99 Å². The average Bonchev–Trinajstić information content (AvgIpc) is 2.65. The Morgan fingerprint density at radius 1 is 1.23 bits per heavy atom. The summed E-state index contributed by atoms with van der Waals surface area (Å²) in [6, 6.07) is 8.36. The van der Waals surface area contributed by atoms with Gasteiger partial charge in [0.2, 0.25) is 0 Å². The second kappa shape index (κ2) is 9.66. The van der Waals surface area contributed by atoms with Crippen LogP contribution < -0.4 is 11.5 Å². The number of halogens is 2. The van der Waals surface area contributed by atoms with Crippen LogP contribution in [0.15, 0.2) is 35.3 Å². The molecule has 1 aliphatic rings. The van der Waals surface area contributed by atoms with Gasteiger partial charge in [-0.1, -0.05) is 36.8 Å². The van der Waals surface area contributed by atoms with E-state index in [1.165, 1.54) is 0 Å². The molecule has 2 rings (SSSR count). The van der Waals surface area contributed by atoms with Crippen molar-refractivity contribution in [1.82, 2.24) is 0 Å². The maximum Gasteiger partial charge on any atom is 0.321 e. The number of nitrogens with two attached hydrogens (primary N) is 2. The van der Waals surface area contributed by atoms with Gasteiger partial charge >= 0.3 is 5.97 Å². The van der Waals surface area contributed by atoms with Gasteiger partial charge in [-0.05, 0) is 18.4 Å². The third-order valence-corrected chi connectivity index (χ3v) is 3.79. The van der Waals surface area contributed by atoms with E-state index in [1.807, 2.05) is 30.3 Å². The molecule has 22 heavy (non-hydrogen) atoms. The minimum absolute atomic E-state index is 0. The molecule has 0 aromatic heterocycles. The molecule has 1 aliphatic heterocycles. The van der Waals surface area contributed by atoms with Gasteiger partial charge in [0.15, 0.2) is 0 Å². The molecule has 0 spiro atoms. The van der Waals surface area contributed by atoms with Crippen LogP contribution in [0.25, 0.3) is 0 Å². The number of carboxylic acids is 1. The van der Waals surface area contributed by atoms with E-state index in [0.29, 0.717) is 5.84 Å². The Morgan fingerprint density at radius 3 is 2.45 bits per heavy atom. The average molecular weight is 348 g/mol. The monoisotopic (exact) mass is 347 g/mol. The summed E-state index contributed by atoms with van der Waals surface area (Å²) in [5.74, 6) is -0.742. The van der Waals surface area contributed by atoms with Crippen LogP contribution >= 0.6 is 24.8 Å². The van der Waals surface area contributed by atoms with Crippen LogP contribution in [0.3, 0.4) is 0 Å². The Morgan fingerprint density at radius 2 is 1.86 bits per heavy atom. The highest BCUT2D eigenvalue weighted by molar-refractivity contribution is 5.85. The molecule has 0 aliphatic carbocycles. The third kappa shape index (κ3) is 5.16. The number of aliphatic imine (C=N–C) groups is 1. The number of benzene rings is 1. The minimum Gasteiger partial charge on any atom is -0.480 e. The van der Waals surface area contributed by atoms with Crippen LogP contribution in [0.2, 0.25) is 0 Å². The van der Waals surface area contributed by atoms with E-state index in [4.69, 9.17) is 11.5 Å². The second-order valence-electron chi connectivity index (χ2n) is 5.23. The van der Waals surface area contributed by atoms with E-state index in [9.17, 15) is 9.90 Å². The summed E-state index contributed by atoms with van der Waals surface area (Å²) in [5, 5.41) is 9.28. The maximum absolute atomic E-state index is 11.3. The first kappa shape index (κ1) is 20.7. The minimum atomic E-state index is -1.00. The lowest BCUT2D eigenvalue weighted by Gasteiger charge is -2.27. The molecule has 7 heteroatoms. The van der Waals surface area contributed by atoms with Crippen LogP contribution in [0.1, 0.15) is 37.2 Å². The van der Waals surface area contributed by atoms with E-state index >= 15 is 0 Å². The van der Waals surface area contributed by atoms with E-state index in [1.54, 1.807) is 0 Å². The largest absolute Gasteiger partial charge is 0.480 e. The van der Waals surface area contributed by atoms with Crippen LogP contribution in [0.5, 0.6) is 0 Å². The Labute approximate surface area is 143 Å². The second-order valence-corrected chi connectivity index (χ2v) is 5.23. The molecular formula is C15H23Cl2N3O2. The van der Waals surface area contributed by atoms with Crippen LogP contribution in [0.4, 0.5) is 0 Å².